The van der Waals surface area contributed by atoms with Gasteiger partial charge in [-0.1, -0.05) is 33.6 Å². The highest BCUT2D eigenvalue weighted by Crippen LogP contribution is 2.30. The predicted molar refractivity (Wildman–Crippen MR) is 87.2 cm³/mol. The molecule has 0 unspecified atom stereocenters. The summed E-state index contributed by atoms with van der Waals surface area (Å²) in [5.41, 5.74) is 1.01. The third-order valence-corrected chi connectivity index (χ3v) is 3.87. The molecule has 0 fully saturated rings. The molecule has 3 nitrogen and oxygen atoms in total. The highest BCUT2D eigenvalue weighted by molar-refractivity contribution is 9.10. The van der Waals surface area contributed by atoms with E-state index in [0.29, 0.717) is 11.6 Å². The third kappa shape index (κ3) is 2.59. The highest BCUT2D eigenvalue weighted by Gasteiger charge is 2.14. The molecule has 0 bridgehead atoms. The fourth-order valence-corrected chi connectivity index (χ4v) is 2.62. The van der Waals surface area contributed by atoms with E-state index in [1.807, 2.05) is 18.2 Å². The minimum Gasteiger partial charge on any atom is -0.373 e. The summed E-state index contributed by atoms with van der Waals surface area (Å²) >= 11 is 9.24. The van der Waals surface area contributed by atoms with Gasteiger partial charge in [-0.25, -0.2) is 14.4 Å². The van der Waals surface area contributed by atoms with E-state index in [-0.39, 0.29) is 10.6 Å². The minimum atomic E-state index is -0.516. The fourth-order valence-electron chi connectivity index (χ4n) is 2.09. The smallest absolute Gasteiger partial charge is 0.165 e. The van der Waals surface area contributed by atoms with Crippen LogP contribution < -0.4 is 5.32 Å². The summed E-state index contributed by atoms with van der Waals surface area (Å²) in [7, 11) is 1.76. The van der Waals surface area contributed by atoms with E-state index < -0.39 is 5.82 Å². The van der Waals surface area contributed by atoms with E-state index in [1.165, 1.54) is 6.07 Å². The Labute approximate surface area is 134 Å². The lowest BCUT2D eigenvalue weighted by atomic mass is 10.1. The summed E-state index contributed by atoms with van der Waals surface area (Å²) in [6, 6.07) is 10.4. The molecule has 0 saturated carbocycles. The molecule has 21 heavy (non-hydrogen) atoms. The molecule has 2 aromatic carbocycles. The first-order chi connectivity index (χ1) is 10.1. The van der Waals surface area contributed by atoms with Crippen molar-refractivity contribution in [2.75, 3.05) is 12.4 Å². The highest BCUT2D eigenvalue weighted by atomic mass is 79.9. The van der Waals surface area contributed by atoms with Crippen molar-refractivity contribution >= 4 is 44.3 Å². The number of nitrogens with zero attached hydrogens (tertiary/aromatic N) is 2. The first-order valence-electron chi connectivity index (χ1n) is 6.19. The topological polar surface area (TPSA) is 37.8 Å². The van der Waals surface area contributed by atoms with Crippen LogP contribution in [0.15, 0.2) is 40.9 Å². The lowest BCUT2D eigenvalue weighted by Crippen LogP contribution is -2.00. The predicted octanol–water partition coefficient (Wildman–Crippen LogP) is 4.89. The average molecular weight is 367 g/mol. The van der Waals surface area contributed by atoms with Gasteiger partial charge in [0.15, 0.2) is 11.6 Å². The monoisotopic (exact) mass is 365 g/mol. The molecule has 1 aromatic heterocycles. The molecule has 106 valence electrons. The van der Waals surface area contributed by atoms with Crippen LogP contribution in [0.5, 0.6) is 0 Å². The molecule has 0 saturated heterocycles. The molecule has 0 radical (unpaired) electrons. The first kappa shape index (κ1) is 14.2. The Bertz CT molecular complexity index is 839. The Morgan fingerprint density at radius 1 is 1.19 bits per heavy atom. The van der Waals surface area contributed by atoms with Crippen molar-refractivity contribution in [2.45, 2.75) is 0 Å². The molecule has 0 aliphatic heterocycles. The summed E-state index contributed by atoms with van der Waals surface area (Å²) < 4.78 is 15.1. The van der Waals surface area contributed by atoms with Gasteiger partial charge in [0, 0.05) is 16.9 Å². The van der Waals surface area contributed by atoms with Gasteiger partial charge in [0.25, 0.3) is 0 Å². The van der Waals surface area contributed by atoms with Crippen molar-refractivity contribution in [1.29, 1.82) is 0 Å². The summed E-state index contributed by atoms with van der Waals surface area (Å²) in [5.74, 6) is 0.419. The van der Waals surface area contributed by atoms with Crippen molar-refractivity contribution in [3.8, 4) is 11.4 Å². The zero-order valence-corrected chi connectivity index (χ0v) is 13.3. The zero-order chi connectivity index (χ0) is 15.0. The van der Waals surface area contributed by atoms with Gasteiger partial charge in [-0.2, -0.15) is 0 Å². The maximum atomic E-state index is 14.1. The Balaban J connectivity index is 2.29. The second-order valence-corrected chi connectivity index (χ2v) is 5.73. The quantitative estimate of drug-likeness (QED) is 0.701. The van der Waals surface area contributed by atoms with Gasteiger partial charge in [0.2, 0.25) is 0 Å². The number of nitrogens with one attached hydrogen (secondary N) is 1. The fraction of sp³-hybridized carbons (Fsp3) is 0.0667. The minimum absolute atomic E-state index is 0.0537. The maximum absolute atomic E-state index is 14.1. The van der Waals surface area contributed by atoms with Crippen LogP contribution >= 0.6 is 27.5 Å². The Kier molecular flexibility index (Phi) is 3.78. The normalized spacial score (nSPS) is 10.9. The van der Waals surface area contributed by atoms with Crippen LogP contribution in [-0.4, -0.2) is 17.0 Å². The number of hydrogen-bond donors (Lipinski definition) is 1. The standard InChI is InChI=1S/C15H10BrClFN3/c1-19-14-10-7-8(16)5-6-12(10)20-15(21-14)9-3-2-4-11(17)13(9)18/h2-7H,1H3,(H,19,20,21). The average Bonchev–Trinajstić information content (AvgIpc) is 2.49. The number of aromatic nitrogens is 2. The van der Waals surface area contributed by atoms with Gasteiger partial charge < -0.3 is 5.32 Å². The van der Waals surface area contributed by atoms with Crippen LogP contribution in [0.25, 0.3) is 22.3 Å². The van der Waals surface area contributed by atoms with E-state index in [0.717, 1.165) is 15.4 Å². The van der Waals surface area contributed by atoms with Crippen LogP contribution in [-0.2, 0) is 0 Å². The molecular weight excluding hydrogens is 357 g/mol. The number of fused-ring (bicyclic) bond motifs is 1. The molecule has 6 heteroatoms. The van der Waals surface area contributed by atoms with Crippen molar-refractivity contribution < 1.29 is 4.39 Å². The van der Waals surface area contributed by atoms with E-state index in [4.69, 9.17) is 11.6 Å². The van der Waals surface area contributed by atoms with E-state index in [9.17, 15) is 4.39 Å². The van der Waals surface area contributed by atoms with Crippen LogP contribution in [0.3, 0.4) is 0 Å². The van der Waals surface area contributed by atoms with Crippen LogP contribution in [0, 0.1) is 5.82 Å². The number of halogens is 3. The molecule has 1 heterocycles. The second kappa shape index (κ2) is 5.58. The molecule has 0 aliphatic rings. The van der Waals surface area contributed by atoms with Crippen molar-refractivity contribution in [1.82, 2.24) is 9.97 Å². The lowest BCUT2D eigenvalue weighted by Gasteiger charge is -2.09. The third-order valence-electron chi connectivity index (χ3n) is 3.09. The molecule has 0 amide bonds. The molecular formula is C15H10BrClFN3. The van der Waals surface area contributed by atoms with Crippen LogP contribution in [0.4, 0.5) is 10.2 Å². The summed E-state index contributed by atoms with van der Waals surface area (Å²) in [6.45, 7) is 0. The van der Waals surface area contributed by atoms with Gasteiger partial charge in [0.1, 0.15) is 5.82 Å². The number of rotatable bonds is 2. The summed E-state index contributed by atoms with van der Waals surface area (Å²) in [5, 5.41) is 3.93. The lowest BCUT2D eigenvalue weighted by molar-refractivity contribution is 0.630. The molecule has 3 aromatic rings. The Morgan fingerprint density at radius 2 is 2.00 bits per heavy atom. The van der Waals surface area contributed by atoms with Crippen LogP contribution in [0.1, 0.15) is 0 Å². The van der Waals surface area contributed by atoms with Crippen LogP contribution in [0.2, 0.25) is 5.02 Å². The van der Waals surface area contributed by atoms with Gasteiger partial charge in [0.05, 0.1) is 16.1 Å². The largest absolute Gasteiger partial charge is 0.373 e. The SMILES string of the molecule is CNc1nc(-c2cccc(Cl)c2F)nc2ccc(Br)cc12. The van der Waals surface area contributed by atoms with Crippen molar-refractivity contribution in [3.63, 3.8) is 0 Å². The first-order valence-corrected chi connectivity index (χ1v) is 7.36. The number of hydrogen-bond acceptors (Lipinski definition) is 3. The summed E-state index contributed by atoms with van der Waals surface area (Å²) in [4.78, 5) is 8.82. The number of anilines is 1. The van der Waals surface area contributed by atoms with Crippen molar-refractivity contribution in [3.05, 3.63) is 51.7 Å². The number of benzene rings is 2. The Hall–Kier alpha value is -1.72. The van der Waals surface area contributed by atoms with Crippen molar-refractivity contribution in [2.24, 2.45) is 0 Å². The molecule has 0 aliphatic carbocycles. The van der Waals surface area contributed by atoms with Gasteiger partial charge in [-0.05, 0) is 30.3 Å². The zero-order valence-electron chi connectivity index (χ0n) is 11.0. The molecule has 0 spiro atoms. The molecule has 0 atom stereocenters. The van der Waals surface area contributed by atoms with Gasteiger partial charge >= 0.3 is 0 Å². The van der Waals surface area contributed by atoms with E-state index >= 15 is 0 Å². The van der Waals surface area contributed by atoms with E-state index in [1.54, 1.807) is 19.2 Å². The molecule has 3 rings (SSSR count). The maximum Gasteiger partial charge on any atom is 0.165 e. The van der Waals surface area contributed by atoms with Gasteiger partial charge in [-0.3, -0.25) is 0 Å². The van der Waals surface area contributed by atoms with Gasteiger partial charge in [-0.15, -0.1) is 0 Å². The second-order valence-electron chi connectivity index (χ2n) is 4.41. The molecule has 1 N–H and O–H groups in total. The van der Waals surface area contributed by atoms with E-state index in [2.05, 4.69) is 31.2 Å². The summed E-state index contributed by atoms with van der Waals surface area (Å²) in [6.07, 6.45) is 0. The Morgan fingerprint density at radius 3 is 2.76 bits per heavy atom.